The fourth-order valence-electron chi connectivity index (χ4n) is 2.53. The first kappa shape index (κ1) is 12.1. The molecule has 1 aromatic rings. The van der Waals surface area contributed by atoms with Gasteiger partial charge < -0.3 is 10.0 Å². The molecule has 6 heteroatoms. The molecule has 1 aromatic heterocycles. The molecule has 1 aliphatic heterocycles. The summed E-state index contributed by atoms with van der Waals surface area (Å²) < 4.78 is 0. The SMILES string of the molecule is OCc1c(Cl)ncnc1N1CCN(C2CC2)CC1. The van der Waals surface area contributed by atoms with Gasteiger partial charge in [-0.25, -0.2) is 9.97 Å². The minimum atomic E-state index is -0.113. The lowest BCUT2D eigenvalue weighted by Crippen LogP contribution is -2.47. The van der Waals surface area contributed by atoms with Crippen molar-refractivity contribution < 1.29 is 5.11 Å². The van der Waals surface area contributed by atoms with Crippen molar-refractivity contribution in [2.24, 2.45) is 0 Å². The van der Waals surface area contributed by atoms with Crippen LogP contribution >= 0.6 is 11.6 Å². The Morgan fingerprint density at radius 3 is 2.56 bits per heavy atom. The molecule has 0 atom stereocenters. The molecule has 0 amide bonds. The number of anilines is 1. The van der Waals surface area contributed by atoms with Crippen LogP contribution in [-0.4, -0.2) is 52.2 Å². The number of aliphatic hydroxyl groups is 1. The summed E-state index contributed by atoms with van der Waals surface area (Å²) in [5.74, 6) is 0.785. The molecular formula is C12H17ClN4O. The van der Waals surface area contributed by atoms with Gasteiger partial charge in [0.1, 0.15) is 17.3 Å². The number of rotatable bonds is 3. The summed E-state index contributed by atoms with van der Waals surface area (Å²) in [4.78, 5) is 12.9. The summed E-state index contributed by atoms with van der Waals surface area (Å²) in [6.45, 7) is 3.90. The van der Waals surface area contributed by atoms with E-state index in [1.165, 1.54) is 19.2 Å². The zero-order chi connectivity index (χ0) is 12.5. The Balaban J connectivity index is 1.73. The van der Waals surface area contributed by atoms with E-state index in [0.29, 0.717) is 10.7 Å². The van der Waals surface area contributed by atoms with Crippen molar-refractivity contribution in [2.45, 2.75) is 25.5 Å². The van der Waals surface area contributed by atoms with Gasteiger partial charge in [-0.2, -0.15) is 0 Å². The Morgan fingerprint density at radius 1 is 1.22 bits per heavy atom. The molecule has 2 fully saturated rings. The van der Waals surface area contributed by atoms with E-state index in [4.69, 9.17) is 11.6 Å². The standard InChI is InChI=1S/C12H17ClN4O/c13-11-10(7-18)12(15-8-14-11)17-5-3-16(4-6-17)9-1-2-9/h8-9,18H,1-7H2. The summed E-state index contributed by atoms with van der Waals surface area (Å²) in [6, 6.07) is 0.818. The predicted octanol–water partition coefficient (Wildman–Crippen LogP) is 0.907. The highest BCUT2D eigenvalue weighted by atomic mass is 35.5. The summed E-state index contributed by atoms with van der Waals surface area (Å²) in [5, 5.41) is 9.73. The normalized spacial score (nSPS) is 21.3. The fourth-order valence-corrected chi connectivity index (χ4v) is 2.72. The monoisotopic (exact) mass is 268 g/mol. The highest BCUT2D eigenvalue weighted by Crippen LogP contribution is 2.29. The molecule has 0 unspecified atom stereocenters. The lowest BCUT2D eigenvalue weighted by molar-refractivity contribution is 0.246. The van der Waals surface area contributed by atoms with Crippen molar-refractivity contribution in [1.82, 2.24) is 14.9 Å². The van der Waals surface area contributed by atoms with Crippen LogP contribution in [0, 0.1) is 0 Å². The van der Waals surface area contributed by atoms with Gasteiger partial charge in [-0.15, -0.1) is 0 Å². The van der Waals surface area contributed by atoms with E-state index >= 15 is 0 Å². The number of hydrogen-bond donors (Lipinski definition) is 1. The third kappa shape index (κ3) is 2.30. The van der Waals surface area contributed by atoms with Crippen LogP contribution in [0.1, 0.15) is 18.4 Å². The number of aromatic nitrogens is 2. The lowest BCUT2D eigenvalue weighted by Gasteiger charge is -2.36. The van der Waals surface area contributed by atoms with Crippen LogP contribution in [0.25, 0.3) is 0 Å². The van der Waals surface area contributed by atoms with Crippen molar-refractivity contribution in [1.29, 1.82) is 0 Å². The van der Waals surface area contributed by atoms with Crippen LogP contribution in [0.5, 0.6) is 0 Å². The van der Waals surface area contributed by atoms with Gasteiger partial charge in [-0.1, -0.05) is 11.6 Å². The molecule has 1 saturated carbocycles. The Hall–Kier alpha value is -0.910. The maximum absolute atomic E-state index is 9.38. The molecule has 0 aromatic carbocycles. The van der Waals surface area contributed by atoms with E-state index in [9.17, 15) is 5.11 Å². The zero-order valence-electron chi connectivity index (χ0n) is 10.2. The predicted molar refractivity (Wildman–Crippen MR) is 69.8 cm³/mol. The molecule has 2 heterocycles. The van der Waals surface area contributed by atoms with Gasteiger partial charge in [0.2, 0.25) is 0 Å². The molecule has 0 radical (unpaired) electrons. The second-order valence-electron chi connectivity index (χ2n) is 4.88. The first-order chi connectivity index (χ1) is 8.79. The summed E-state index contributed by atoms with van der Waals surface area (Å²) in [7, 11) is 0. The van der Waals surface area contributed by atoms with Gasteiger partial charge in [0.05, 0.1) is 12.2 Å². The minimum absolute atomic E-state index is 0.113. The molecule has 98 valence electrons. The number of aliphatic hydroxyl groups excluding tert-OH is 1. The van der Waals surface area contributed by atoms with Crippen molar-refractivity contribution in [2.75, 3.05) is 31.1 Å². The topological polar surface area (TPSA) is 52.5 Å². The Morgan fingerprint density at radius 2 is 1.94 bits per heavy atom. The van der Waals surface area contributed by atoms with E-state index < -0.39 is 0 Å². The van der Waals surface area contributed by atoms with Crippen LogP contribution in [0.15, 0.2) is 6.33 Å². The van der Waals surface area contributed by atoms with E-state index in [1.807, 2.05) is 0 Å². The number of hydrogen-bond acceptors (Lipinski definition) is 5. The third-order valence-electron chi connectivity index (χ3n) is 3.71. The Bertz CT molecular complexity index is 430. The zero-order valence-corrected chi connectivity index (χ0v) is 11.0. The molecule has 0 bridgehead atoms. The van der Waals surface area contributed by atoms with Gasteiger partial charge in [0.25, 0.3) is 0 Å². The maximum Gasteiger partial charge on any atom is 0.140 e. The molecule has 1 N–H and O–H groups in total. The number of nitrogens with zero attached hydrogens (tertiary/aromatic N) is 4. The average Bonchev–Trinajstić information content (AvgIpc) is 3.23. The van der Waals surface area contributed by atoms with Crippen LogP contribution in [0.2, 0.25) is 5.15 Å². The van der Waals surface area contributed by atoms with Crippen LogP contribution in [0.4, 0.5) is 5.82 Å². The largest absolute Gasteiger partial charge is 0.391 e. The fraction of sp³-hybridized carbons (Fsp3) is 0.667. The Kier molecular flexibility index (Phi) is 3.37. The number of piperazine rings is 1. The van der Waals surface area contributed by atoms with Gasteiger partial charge >= 0.3 is 0 Å². The van der Waals surface area contributed by atoms with Crippen molar-refractivity contribution in [3.8, 4) is 0 Å². The summed E-state index contributed by atoms with van der Waals surface area (Å²) in [5.41, 5.74) is 0.638. The van der Waals surface area contributed by atoms with E-state index in [2.05, 4.69) is 19.8 Å². The first-order valence-electron chi connectivity index (χ1n) is 6.39. The lowest BCUT2D eigenvalue weighted by atomic mass is 10.2. The second kappa shape index (κ2) is 4.99. The Labute approximate surface area is 111 Å². The first-order valence-corrected chi connectivity index (χ1v) is 6.76. The van der Waals surface area contributed by atoms with Crippen molar-refractivity contribution in [3.05, 3.63) is 17.0 Å². The molecule has 2 aliphatic rings. The van der Waals surface area contributed by atoms with Gasteiger partial charge in [-0.3, -0.25) is 4.90 Å². The van der Waals surface area contributed by atoms with Gasteiger partial charge in [-0.05, 0) is 12.8 Å². The van der Waals surface area contributed by atoms with Crippen molar-refractivity contribution >= 4 is 17.4 Å². The van der Waals surface area contributed by atoms with Crippen molar-refractivity contribution in [3.63, 3.8) is 0 Å². The summed E-state index contributed by atoms with van der Waals surface area (Å²) >= 11 is 5.99. The van der Waals surface area contributed by atoms with Crippen LogP contribution in [-0.2, 0) is 6.61 Å². The highest BCUT2D eigenvalue weighted by Gasteiger charge is 2.31. The smallest absolute Gasteiger partial charge is 0.140 e. The van der Waals surface area contributed by atoms with E-state index in [1.54, 1.807) is 0 Å². The molecule has 5 nitrogen and oxygen atoms in total. The minimum Gasteiger partial charge on any atom is -0.391 e. The molecular weight excluding hydrogens is 252 g/mol. The average molecular weight is 269 g/mol. The third-order valence-corrected chi connectivity index (χ3v) is 4.03. The molecule has 18 heavy (non-hydrogen) atoms. The quantitative estimate of drug-likeness (QED) is 0.826. The van der Waals surface area contributed by atoms with E-state index in [-0.39, 0.29) is 6.61 Å². The van der Waals surface area contributed by atoms with Crippen LogP contribution < -0.4 is 4.90 Å². The summed E-state index contributed by atoms with van der Waals surface area (Å²) in [6.07, 6.45) is 4.16. The second-order valence-corrected chi connectivity index (χ2v) is 5.24. The number of halogens is 1. The maximum atomic E-state index is 9.38. The molecule has 3 rings (SSSR count). The molecule has 0 spiro atoms. The van der Waals surface area contributed by atoms with Crippen LogP contribution in [0.3, 0.4) is 0 Å². The molecule has 1 aliphatic carbocycles. The van der Waals surface area contributed by atoms with E-state index in [0.717, 1.165) is 38.0 Å². The highest BCUT2D eigenvalue weighted by molar-refractivity contribution is 6.30. The van der Waals surface area contributed by atoms with Gasteiger partial charge in [0.15, 0.2) is 0 Å². The molecule has 1 saturated heterocycles. The van der Waals surface area contributed by atoms with Gasteiger partial charge in [0, 0.05) is 32.2 Å².